The van der Waals surface area contributed by atoms with Crippen LogP contribution in [0.4, 0.5) is 27.8 Å². The summed E-state index contributed by atoms with van der Waals surface area (Å²) in [5.74, 6) is -1.78. The van der Waals surface area contributed by atoms with Crippen molar-refractivity contribution in [1.29, 1.82) is 0 Å². The molecule has 2 aliphatic rings. The number of benzene rings is 2. The van der Waals surface area contributed by atoms with Gasteiger partial charge in [0.25, 0.3) is 0 Å². The van der Waals surface area contributed by atoms with Crippen LogP contribution in [-0.4, -0.2) is 65.5 Å². The number of aromatic nitrogens is 2. The Kier molecular flexibility index (Phi) is 7.14. The van der Waals surface area contributed by atoms with Gasteiger partial charge < -0.3 is 14.5 Å². The Morgan fingerprint density at radius 3 is 2.46 bits per heavy atom. The largest absolute Gasteiger partial charge is 0.416 e. The molecule has 5 rings (SSSR count). The zero-order chi connectivity index (χ0) is 28.1. The Morgan fingerprint density at radius 1 is 1.13 bits per heavy atom. The number of alkyl halides is 3. The van der Waals surface area contributed by atoms with Crippen molar-refractivity contribution in [2.75, 3.05) is 43.9 Å². The van der Waals surface area contributed by atoms with Crippen molar-refractivity contribution >= 4 is 33.5 Å². The molecule has 0 saturated carbocycles. The molecule has 1 unspecified atom stereocenters. The minimum Gasteiger partial charge on any atom is -0.379 e. The second-order valence-electron chi connectivity index (χ2n) is 9.30. The van der Waals surface area contributed by atoms with Gasteiger partial charge in [-0.25, -0.2) is 13.6 Å². The number of thiol groups is 1. The van der Waals surface area contributed by atoms with E-state index < -0.39 is 46.1 Å². The summed E-state index contributed by atoms with van der Waals surface area (Å²) in [5.41, 5.74) is -1.43. The minimum atomic E-state index is -4.74. The molecule has 0 spiro atoms. The van der Waals surface area contributed by atoms with Crippen LogP contribution in [0.3, 0.4) is 0 Å². The number of piperazine rings is 1. The van der Waals surface area contributed by atoms with Crippen molar-refractivity contribution in [3.05, 3.63) is 70.7 Å². The van der Waals surface area contributed by atoms with Crippen LogP contribution >= 0.6 is 10.9 Å². The topological polar surface area (TPSA) is 67.7 Å². The highest BCUT2D eigenvalue weighted by Gasteiger charge is 2.36. The van der Waals surface area contributed by atoms with Gasteiger partial charge in [0, 0.05) is 60.3 Å². The number of carbonyl (C=O) groups is 1. The van der Waals surface area contributed by atoms with Crippen LogP contribution in [0.1, 0.15) is 5.56 Å². The fraction of sp³-hybridized carbons (Fsp3) is 0.346. The summed E-state index contributed by atoms with van der Waals surface area (Å²) in [6.07, 6.45) is -4.19. The molecule has 3 aromatic rings. The molecular formula is C26H25F5N4O3S. The SMILES string of the molecule is C=CC(=O)N1CCN(c2nc(=O)n3c4c(cc(C(F)(F)F)cc24)[SH](c2ccc(F)cc2F)C[C@@H](OC)C3)CC1. The first-order chi connectivity index (χ1) is 18.5. The Labute approximate surface area is 222 Å². The van der Waals surface area contributed by atoms with Crippen LogP contribution in [0.15, 0.2) is 57.6 Å². The molecular weight excluding hydrogens is 543 g/mol. The molecule has 1 saturated heterocycles. The van der Waals surface area contributed by atoms with Gasteiger partial charge >= 0.3 is 11.9 Å². The number of nitrogens with zero attached hydrogens (tertiary/aromatic N) is 4. The molecule has 1 fully saturated rings. The lowest BCUT2D eigenvalue weighted by Crippen LogP contribution is -2.49. The molecule has 2 atom stereocenters. The Morgan fingerprint density at radius 2 is 1.85 bits per heavy atom. The van der Waals surface area contributed by atoms with Gasteiger partial charge in [-0.2, -0.15) is 29.1 Å². The summed E-state index contributed by atoms with van der Waals surface area (Å²) >= 11 is 0. The summed E-state index contributed by atoms with van der Waals surface area (Å²) in [5, 5.41) is 0.0923. The lowest BCUT2D eigenvalue weighted by molar-refractivity contribution is -0.137. The van der Waals surface area contributed by atoms with Crippen LogP contribution < -0.4 is 10.6 Å². The molecule has 0 radical (unpaired) electrons. The standard InChI is InChI=1S/C26H25F5N4O3S/c1-3-22(36)33-6-8-34(9-7-33)24-18-10-15(26(29,30)31)11-21-23(18)35(25(37)32-24)13-17(38-2)14-39(21)20-5-4-16(27)12-19(20)28/h3-5,10-12,17,39H,1,6-9,13-14H2,2H3/t17-/m0/s1. The normalized spacial score (nSPS) is 20.7. The molecule has 1 amide bonds. The number of carbonyl (C=O) groups excluding carboxylic acids is 1. The van der Waals surface area contributed by atoms with E-state index in [1.54, 1.807) is 9.80 Å². The predicted octanol–water partition coefficient (Wildman–Crippen LogP) is 3.98. The van der Waals surface area contributed by atoms with Gasteiger partial charge in [-0.15, -0.1) is 0 Å². The van der Waals surface area contributed by atoms with Crippen molar-refractivity contribution in [3.63, 3.8) is 0 Å². The fourth-order valence-electron chi connectivity index (χ4n) is 5.07. The van der Waals surface area contributed by atoms with E-state index in [4.69, 9.17) is 4.74 Å². The maximum absolute atomic E-state index is 15.1. The first-order valence-electron chi connectivity index (χ1n) is 12.1. The van der Waals surface area contributed by atoms with E-state index in [0.717, 1.165) is 18.2 Å². The minimum absolute atomic E-state index is 0.000733. The summed E-state index contributed by atoms with van der Waals surface area (Å²) in [6, 6.07) is 4.91. The number of methoxy groups -OCH3 is 1. The second-order valence-corrected chi connectivity index (χ2v) is 11.5. The van der Waals surface area contributed by atoms with Crippen LogP contribution in [-0.2, 0) is 22.3 Å². The lowest BCUT2D eigenvalue weighted by atomic mass is 10.1. The smallest absolute Gasteiger partial charge is 0.379 e. The molecule has 2 aliphatic heterocycles. The quantitative estimate of drug-likeness (QED) is 0.293. The van der Waals surface area contributed by atoms with E-state index in [0.29, 0.717) is 6.07 Å². The third-order valence-electron chi connectivity index (χ3n) is 7.02. The Bertz CT molecular complexity index is 1520. The summed E-state index contributed by atoms with van der Waals surface area (Å²) in [4.78, 5) is 33.0. The zero-order valence-electron chi connectivity index (χ0n) is 20.8. The van der Waals surface area contributed by atoms with E-state index in [1.165, 1.54) is 23.8 Å². The van der Waals surface area contributed by atoms with Gasteiger partial charge in [0.05, 0.1) is 23.7 Å². The first-order valence-corrected chi connectivity index (χ1v) is 13.6. The van der Waals surface area contributed by atoms with Gasteiger partial charge in [0.15, 0.2) is 0 Å². The van der Waals surface area contributed by atoms with Crippen molar-refractivity contribution in [1.82, 2.24) is 14.5 Å². The second kappa shape index (κ2) is 10.3. The van der Waals surface area contributed by atoms with Crippen molar-refractivity contribution < 1.29 is 31.5 Å². The number of anilines is 1. The van der Waals surface area contributed by atoms with E-state index in [1.807, 2.05) is 0 Å². The summed E-state index contributed by atoms with van der Waals surface area (Å²) in [6.45, 7) is 4.48. The molecule has 0 aliphatic carbocycles. The number of amides is 1. The summed E-state index contributed by atoms with van der Waals surface area (Å²) < 4.78 is 78.2. The number of halogens is 5. The number of hydrogen-bond acceptors (Lipinski definition) is 5. The third-order valence-corrected chi connectivity index (χ3v) is 9.66. The zero-order valence-corrected chi connectivity index (χ0v) is 21.7. The van der Waals surface area contributed by atoms with Gasteiger partial charge in [-0.05, 0) is 30.3 Å². The Balaban J connectivity index is 1.77. The van der Waals surface area contributed by atoms with E-state index in [9.17, 15) is 27.2 Å². The van der Waals surface area contributed by atoms with Gasteiger partial charge in [-0.3, -0.25) is 9.36 Å². The molecule has 208 valence electrons. The first kappa shape index (κ1) is 27.1. The average molecular weight is 569 g/mol. The highest BCUT2D eigenvalue weighted by molar-refractivity contribution is 8.17. The third kappa shape index (κ3) is 5.00. The van der Waals surface area contributed by atoms with E-state index in [-0.39, 0.29) is 70.9 Å². The highest BCUT2D eigenvalue weighted by atomic mass is 32.2. The van der Waals surface area contributed by atoms with Crippen LogP contribution in [0.2, 0.25) is 0 Å². The molecule has 2 aromatic carbocycles. The van der Waals surface area contributed by atoms with Crippen LogP contribution in [0.5, 0.6) is 0 Å². The van der Waals surface area contributed by atoms with Gasteiger partial charge in [-0.1, -0.05) is 6.58 Å². The molecule has 7 nitrogen and oxygen atoms in total. The number of ether oxygens (including phenoxy) is 1. The fourth-order valence-corrected chi connectivity index (χ4v) is 7.76. The van der Waals surface area contributed by atoms with Gasteiger partial charge in [0.1, 0.15) is 17.5 Å². The van der Waals surface area contributed by atoms with Crippen LogP contribution in [0.25, 0.3) is 10.9 Å². The molecule has 0 bridgehead atoms. The van der Waals surface area contributed by atoms with Gasteiger partial charge in [0.2, 0.25) is 5.91 Å². The van der Waals surface area contributed by atoms with Crippen molar-refractivity contribution in [2.24, 2.45) is 0 Å². The molecule has 1 aromatic heterocycles. The average Bonchev–Trinajstić information content (AvgIpc) is 3.07. The molecule has 0 N–H and O–H groups in total. The van der Waals surface area contributed by atoms with Crippen molar-refractivity contribution in [2.45, 2.75) is 28.6 Å². The Hall–Kier alpha value is -3.45. The number of rotatable bonds is 4. The summed E-state index contributed by atoms with van der Waals surface area (Å²) in [7, 11) is -0.430. The van der Waals surface area contributed by atoms with E-state index >= 15 is 4.39 Å². The molecule has 3 heterocycles. The van der Waals surface area contributed by atoms with E-state index in [2.05, 4.69) is 11.6 Å². The maximum Gasteiger partial charge on any atom is 0.416 e. The lowest BCUT2D eigenvalue weighted by Gasteiger charge is -2.35. The highest BCUT2D eigenvalue weighted by Crippen LogP contribution is 2.52. The number of hydrogen-bond donors (Lipinski definition) is 1. The molecule has 13 heteroatoms. The van der Waals surface area contributed by atoms with Crippen LogP contribution in [0, 0.1) is 11.6 Å². The molecule has 39 heavy (non-hydrogen) atoms. The van der Waals surface area contributed by atoms with Crippen molar-refractivity contribution in [3.8, 4) is 0 Å². The predicted molar refractivity (Wildman–Crippen MR) is 138 cm³/mol. The monoisotopic (exact) mass is 568 g/mol. The maximum atomic E-state index is 15.1.